The van der Waals surface area contributed by atoms with Crippen molar-refractivity contribution in [3.8, 4) is 0 Å². The highest BCUT2D eigenvalue weighted by Crippen LogP contribution is 2.19. The molecular formula is C11H19N3OS. The van der Waals surface area contributed by atoms with Crippen LogP contribution in [0.4, 0.5) is 0 Å². The lowest BCUT2D eigenvalue weighted by Gasteiger charge is -2.12. The minimum Gasteiger partial charge on any atom is -0.332 e. The van der Waals surface area contributed by atoms with E-state index in [2.05, 4.69) is 14.9 Å². The van der Waals surface area contributed by atoms with Gasteiger partial charge in [0.05, 0.1) is 12.0 Å². The molecule has 1 aliphatic rings. The Bertz CT molecular complexity index is 373. The zero-order valence-corrected chi connectivity index (χ0v) is 10.7. The Balaban J connectivity index is 1.91. The van der Waals surface area contributed by atoms with E-state index in [1.54, 1.807) is 6.26 Å². The Morgan fingerprint density at radius 1 is 1.69 bits per heavy atom. The summed E-state index contributed by atoms with van der Waals surface area (Å²) in [5.74, 6) is 0. The van der Waals surface area contributed by atoms with Gasteiger partial charge < -0.3 is 9.88 Å². The summed E-state index contributed by atoms with van der Waals surface area (Å²) in [6.07, 6.45) is 8.06. The standard InChI is InChI=1S/C11H19N3OS/c1-9(16(2)15)7-14-8-12-5-11(14)6-13-10-3-4-10/h5,8-10,13H,3-4,6-7H2,1-2H3. The van der Waals surface area contributed by atoms with Crippen LogP contribution >= 0.6 is 0 Å². The predicted octanol–water partition coefficient (Wildman–Crippen LogP) is 0.902. The number of hydrogen-bond donors (Lipinski definition) is 1. The van der Waals surface area contributed by atoms with Gasteiger partial charge in [0.2, 0.25) is 0 Å². The average molecular weight is 241 g/mol. The monoisotopic (exact) mass is 241 g/mol. The van der Waals surface area contributed by atoms with Crippen LogP contribution < -0.4 is 5.32 Å². The molecule has 2 atom stereocenters. The summed E-state index contributed by atoms with van der Waals surface area (Å²) in [5, 5.41) is 3.64. The summed E-state index contributed by atoms with van der Waals surface area (Å²) in [4.78, 5) is 4.16. The minimum atomic E-state index is -0.773. The van der Waals surface area contributed by atoms with Crippen LogP contribution in [0.3, 0.4) is 0 Å². The number of imidazole rings is 1. The summed E-state index contributed by atoms with van der Waals surface area (Å²) < 4.78 is 13.4. The van der Waals surface area contributed by atoms with Crippen LogP contribution in [-0.2, 0) is 23.9 Å². The molecule has 0 aromatic carbocycles. The van der Waals surface area contributed by atoms with E-state index in [4.69, 9.17) is 0 Å². The first-order chi connectivity index (χ1) is 7.66. The first-order valence-corrected chi connectivity index (χ1v) is 7.33. The second kappa shape index (κ2) is 5.10. The van der Waals surface area contributed by atoms with Gasteiger partial charge in [-0.25, -0.2) is 4.98 Å². The largest absolute Gasteiger partial charge is 0.332 e. The van der Waals surface area contributed by atoms with Crippen LogP contribution in [0.5, 0.6) is 0 Å². The molecular weight excluding hydrogens is 222 g/mol. The molecule has 4 nitrogen and oxygen atoms in total. The molecule has 2 unspecified atom stereocenters. The zero-order chi connectivity index (χ0) is 11.5. The summed E-state index contributed by atoms with van der Waals surface area (Å²) in [5.41, 5.74) is 1.18. The van der Waals surface area contributed by atoms with Crippen LogP contribution in [0, 0.1) is 0 Å². The van der Waals surface area contributed by atoms with Gasteiger partial charge >= 0.3 is 0 Å². The van der Waals surface area contributed by atoms with Crippen molar-refractivity contribution in [3.63, 3.8) is 0 Å². The van der Waals surface area contributed by atoms with E-state index < -0.39 is 10.8 Å². The highest BCUT2D eigenvalue weighted by Gasteiger charge is 2.20. The molecule has 1 aromatic heterocycles. The number of aromatic nitrogens is 2. The summed E-state index contributed by atoms with van der Waals surface area (Å²) in [6, 6.07) is 0.709. The second-order valence-corrected chi connectivity index (χ2v) is 6.30. The van der Waals surface area contributed by atoms with E-state index in [-0.39, 0.29) is 5.25 Å². The van der Waals surface area contributed by atoms with E-state index in [1.165, 1.54) is 18.5 Å². The molecule has 0 saturated heterocycles. The van der Waals surface area contributed by atoms with Crippen LogP contribution in [-0.4, -0.2) is 31.3 Å². The third-order valence-electron chi connectivity index (χ3n) is 2.97. The first-order valence-electron chi connectivity index (χ1n) is 5.71. The molecule has 0 spiro atoms. The van der Waals surface area contributed by atoms with Crippen LogP contribution in [0.2, 0.25) is 0 Å². The maximum absolute atomic E-state index is 11.3. The van der Waals surface area contributed by atoms with Crippen molar-refractivity contribution in [2.45, 2.75) is 44.1 Å². The summed E-state index contributed by atoms with van der Waals surface area (Å²) >= 11 is 0. The molecule has 1 saturated carbocycles. The van der Waals surface area contributed by atoms with Crippen molar-refractivity contribution in [1.29, 1.82) is 0 Å². The van der Waals surface area contributed by atoms with Crippen molar-refractivity contribution in [2.75, 3.05) is 6.26 Å². The summed E-state index contributed by atoms with van der Waals surface area (Å²) in [6.45, 7) is 3.66. The molecule has 0 bridgehead atoms. The fraction of sp³-hybridized carbons (Fsp3) is 0.727. The maximum Gasteiger partial charge on any atom is 0.0948 e. The normalized spacial score (nSPS) is 19.6. The Morgan fingerprint density at radius 2 is 2.44 bits per heavy atom. The van der Waals surface area contributed by atoms with Gasteiger partial charge in [-0.2, -0.15) is 0 Å². The van der Waals surface area contributed by atoms with Crippen molar-refractivity contribution in [1.82, 2.24) is 14.9 Å². The van der Waals surface area contributed by atoms with E-state index in [1.807, 2.05) is 19.4 Å². The molecule has 1 heterocycles. The van der Waals surface area contributed by atoms with Crippen molar-refractivity contribution in [2.24, 2.45) is 0 Å². The molecule has 1 aromatic rings. The first kappa shape index (κ1) is 11.8. The van der Waals surface area contributed by atoms with Gasteiger partial charge in [0.1, 0.15) is 0 Å². The number of hydrogen-bond acceptors (Lipinski definition) is 3. The minimum absolute atomic E-state index is 0.175. The van der Waals surface area contributed by atoms with E-state index in [0.717, 1.165) is 13.1 Å². The van der Waals surface area contributed by atoms with Crippen LogP contribution in [0.15, 0.2) is 12.5 Å². The van der Waals surface area contributed by atoms with Crippen molar-refractivity contribution >= 4 is 10.8 Å². The van der Waals surface area contributed by atoms with E-state index in [9.17, 15) is 4.21 Å². The SMILES string of the molecule is CC(Cn1cncc1CNC1CC1)S(C)=O. The third kappa shape index (κ3) is 3.15. The lowest BCUT2D eigenvalue weighted by Crippen LogP contribution is -2.22. The van der Waals surface area contributed by atoms with Gasteiger partial charge in [-0.05, 0) is 19.8 Å². The van der Waals surface area contributed by atoms with Gasteiger partial charge in [-0.3, -0.25) is 4.21 Å². The Labute approximate surface area is 98.9 Å². The molecule has 16 heavy (non-hydrogen) atoms. The van der Waals surface area contributed by atoms with Gasteiger partial charge in [0.25, 0.3) is 0 Å². The van der Waals surface area contributed by atoms with Gasteiger partial charge in [-0.15, -0.1) is 0 Å². The molecule has 90 valence electrons. The fourth-order valence-electron chi connectivity index (χ4n) is 1.58. The fourth-order valence-corrected chi connectivity index (χ4v) is 1.95. The molecule has 1 fully saturated rings. The quantitative estimate of drug-likeness (QED) is 0.805. The molecule has 1 aliphatic carbocycles. The average Bonchev–Trinajstić information content (AvgIpc) is 2.97. The Morgan fingerprint density at radius 3 is 3.06 bits per heavy atom. The van der Waals surface area contributed by atoms with Gasteiger partial charge in [-0.1, -0.05) is 0 Å². The van der Waals surface area contributed by atoms with E-state index in [0.29, 0.717) is 6.04 Å². The molecule has 5 heteroatoms. The molecule has 2 rings (SSSR count). The van der Waals surface area contributed by atoms with E-state index >= 15 is 0 Å². The van der Waals surface area contributed by atoms with Crippen molar-refractivity contribution < 1.29 is 4.21 Å². The number of rotatable bonds is 6. The van der Waals surface area contributed by atoms with Crippen LogP contribution in [0.1, 0.15) is 25.5 Å². The second-order valence-electron chi connectivity index (χ2n) is 4.50. The number of nitrogens with one attached hydrogen (secondary N) is 1. The van der Waals surface area contributed by atoms with Crippen molar-refractivity contribution in [3.05, 3.63) is 18.2 Å². The maximum atomic E-state index is 11.3. The lowest BCUT2D eigenvalue weighted by atomic mass is 10.4. The molecule has 1 N–H and O–H groups in total. The Hall–Kier alpha value is -0.680. The van der Waals surface area contributed by atoms with Gasteiger partial charge in [0, 0.05) is 47.6 Å². The topological polar surface area (TPSA) is 46.9 Å². The smallest absolute Gasteiger partial charge is 0.0948 e. The highest BCUT2D eigenvalue weighted by atomic mass is 32.2. The highest BCUT2D eigenvalue weighted by molar-refractivity contribution is 7.84. The molecule has 0 amide bonds. The Kier molecular flexibility index (Phi) is 3.76. The molecule has 0 radical (unpaired) electrons. The summed E-state index contributed by atoms with van der Waals surface area (Å²) in [7, 11) is -0.773. The molecule has 0 aliphatic heterocycles. The predicted molar refractivity (Wildman–Crippen MR) is 65.6 cm³/mol. The van der Waals surface area contributed by atoms with Crippen LogP contribution in [0.25, 0.3) is 0 Å². The lowest BCUT2D eigenvalue weighted by molar-refractivity contribution is 0.594. The third-order valence-corrected chi connectivity index (χ3v) is 4.25. The van der Waals surface area contributed by atoms with Gasteiger partial charge in [0.15, 0.2) is 0 Å². The zero-order valence-electron chi connectivity index (χ0n) is 9.85. The number of nitrogens with zero attached hydrogens (tertiary/aromatic N) is 2.